The third-order valence-electron chi connectivity index (χ3n) is 5.02. The molecule has 0 unspecified atom stereocenters. The number of amides is 1. The van der Waals surface area contributed by atoms with E-state index in [2.05, 4.69) is 27.4 Å². The second-order valence-electron chi connectivity index (χ2n) is 7.19. The molecule has 0 spiro atoms. The normalized spacial score (nSPS) is 13.0. The van der Waals surface area contributed by atoms with Crippen LogP contribution < -0.4 is 5.32 Å². The highest BCUT2D eigenvalue weighted by molar-refractivity contribution is 5.95. The van der Waals surface area contributed by atoms with Gasteiger partial charge >= 0.3 is 0 Å². The van der Waals surface area contributed by atoms with Crippen molar-refractivity contribution >= 4 is 23.2 Å². The third-order valence-corrected chi connectivity index (χ3v) is 5.02. The molecule has 1 N–H and O–H groups in total. The molecule has 0 atom stereocenters. The van der Waals surface area contributed by atoms with Gasteiger partial charge in [0.1, 0.15) is 17.3 Å². The molecule has 2 heterocycles. The molecule has 0 radical (unpaired) electrons. The van der Waals surface area contributed by atoms with Crippen LogP contribution in [-0.4, -0.2) is 33.1 Å². The Morgan fingerprint density at radius 1 is 1.00 bits per heavy atom. The number of hydrogen-bond donors (Lipinski definition) is 1. The van der Waals surface area contributed by atoms with Crippen molar-refractivity contribution in [3.8, 4) is 0 Å². The van der Waals surface area contributed by atoms with E-state index in [1.165, 1.54) is 18.1 Å². The first-order valence-electron chi connectivity index (χ1n) is 9.59. The lowest BCUT2D eigenvalue weighted by atomic mass is 10.00. The number of benzene rings is 2. The predicted octanol–water partition coefficient (Wildman–Crippen LogP) is 3.93. The predicted molar refractivity (Wildman–Crippen MR) is 111 cm³/mol. The van der Waals surface area contributed by atoms with Crippen LogP contribution in [0.25, 0.3) is 0 Å². The van der Waals surface area contributed by atoms with Gasteiger partial charge in [0.15, 0.2) is 5.78 Å². The summed E-state index contributed by atoms with van der Waals surface area (Å²) in [6, 6.07) is 17.1. The van der Waals surface area contributed by atoms with Crippen LogP contribution in [0.1, 0.15) is 44.7 Å². The van der Waals surface area contributed by atoms with Crippen LogP contribution in [0.5, 0.6) is 0 Å². The number of nitrogens with one attached hydrogen (secondary N) is 1. The summed E-state index contributed by atoms with van der Waals surface area (Å²) in [6.07, 6.45) is 0.842. The van der Waals surface area contributed by atoms with Crippen LogP contribution in [0.3, 0.4) is 0 Å². The van der Waals surface area contributed by atoms with Gasteiger partial charge in [-0.25, -0.2) is 9.97 Å². The summed E-state index contributed by atoms with van der Waals surface area (Å²) in [5.41, 5.74) is 4.19. The molecule has 0 saturated heterocycles. The van der Waals surface area contributed by atoms with Crippen molar-refractivity contribution in [1.29, 1.82) is 0 Å². The molecular formula is C23H22N4O2. The van der Waals surface area contributed by atoms with E-state index in [-0.39, 0.29) is 11.7 Å². The molecule has 3 aromatic rings. The van der Waals surface area contributed by atoms with E-state index < -0.39 is 0 Å². The Hall–Kier alpha value is -3.54. The van der Waals surface area contributed by atoms with E-state index in [0.29, 0.717) is 36.0 Å². The summed E-state index contributed by atoms with van der Waals surface area (Å²) in [5, 5.41) is 3.18. The number of carbonyl (C=O) groups is 2. The van der Waals surface area contributed by atoms with Gasteiger partial charge < -0.3 is 10.2 Å². The lowest BCUT2D eigenvalue weighted by Gasteiger charge is -2.28. The average Bonchev–Trinajstić information content (AvgIpc) is 2.72. The number of hydrogen-bond acceptors (Lipinski definition) is 5. The molecule has 146 valence electrons. The van der Waals surface area contributed by atoms with Gasteiger partial charge in [-0.2, -0.15) is 0 Å². The van der Waals surface area contributed by atoms with Crippen molar-refractivity contribution in [3.05, 3.63) is 82.8 Å². The maximum absolute atomic E-state index is 13.1. The minimum atomic E-state index is -0.106. The molecule has 4 rings (SSSR count). The van der Waals surface area contributed by atoms with Gasteiger partial charge in [-0.15, -0.1) is 0 Å². The maximum atomic E-state index is 13.1. The lowest BCUT2D eigenvalue weighted by molar-refractivity contribution is 0.0728. The molecule has 6 heteroatoms. The summed E-state index contributed by atoms with van der Waals surface area (Å²) in [5.74, 6) is 0.928. The van der Waals surface area contributed by atoms with E-state index in [0.717, 1.165) is 12.1 Å². The third kappa shape index (κ3) is 4.16. The van der Waals surface area contributed by atoms with Crippen molar-refractivity contribution in [3.63, 3.8) is 0 Å². The van der Waals surface area contributed by atoms with Crippen LogP contribution in [0.4, 0.5) is 11.5 Å². The summed E-state index contributed by atoms with van der Waals surface area (Å²) in [4.78, 5) is 35.2. The summed E-state index contributed by atoms with van der Waals surface area (Å²) < 4.78 is 0. The maximum Gasteiger partial charge on any atom is 0.272 e. The van der Waals surface area contributed by atoms with Gasteiger partial charge in [0.05, 0.1) is 0 Å². The Morgan fingerprint density at radius 3 is 2.59 bits per heavy atom. The van der Waals surface area contributed by atoms with Crippen molar-refractivity contribution in [2.75, 3.05) is 11.9 Å². The van der Waals surface area contributed by atoms with Crippen LogP contribution in [0, 0.1) is 6.92 Å². The van der Waals surface area contributed by atoms with Gasteiger partial charge in [0.25, 0.3) is 5.91 Å². The minimum absolute atomic E-state index is 0.00577. The lowest BCUT2D eigenvalue weighted by Crippen LogP contribution is -2.36. The quantitative estimate of drug-likeness (QED) is 0.688. The first kappa shape index (κ1) is 18.8. The molecule has 2 aromatic carbocycles. The van der Waals surface area contributed by atoms with Crippen molar-refractivity contribution in [2.45, 2.75) is 26.8 Å². The van der Waals surface area contributed by atoms with Crippen molar-refractivity contribution in [1.82, 2.24) is 14.9 Å². The van der Waals surface area contributed by atoms with Gasteiger partial charge in [-0.3, -0.25) is 9.59 Å². The molecule has 0 aliphatic carbocycles. The highest BCUT2D eigenvalue weighted by atomic mass is 16.2. The van der Waals surface area contributed by atoms with Crippen molar-refractivity contribution in [2.24, 2.45) is 0 Å². The number of carbonyl (C=O) groups excluding carboxylic acids is 2. The zero-order valence-corrected chi connectivity index (χ0v) is 16.5. The number of rotatable bonds is 4. The van der Waals surface area contributed by atoms with E-state index in [9.17, 15) is 9.59 Å². The fourth-order valence-corrected chi connectivity index (χ4v) is 3.54. The molecule has 6 nitrogen and oxygen atoms in total. The van der Waals surface area contributed by atoms with E-state index in [1.54, 1.807) is 25.1 Å². The first-order valence-corrected chi connectivity index (χ1v) is 9.59. The van der Waals surface area contributed by atoms with Crippen LogP contribution in [-0.2, 0) is 13.0 Å². The number of anilines is 2. The van der Waals surface area contributed by atoms with Crippen LogP contribution in [0.2, 0.25) is 0 Å². The van der Waals surface area contributed by atoms with E-state index in [1.807, 2.05) is 29.2 Å². The molecule has 1 aliphatic rings. The fraction of sp³-hybridized carbons (Fsp3) is 0.217. The smallest absolute Gasteiger partial charge is 0.272 e. The number of fused-ring (bicyclic) bond motifs is 1. The van der Waals surface area contributed by atoms with Crippen molar-refractivity contribution < 1.29 is 9.59 Å². The standard InChI is InChI=1S/C23H22N4O2/c1-15(28)18-8-5-9-20(12-18)26-22-13-21(24-16(2)25-22)23(29)27-11-10-17-6-3-4-7-19(17)14-27/h3-9,12-13H,10-11,14H2,1-2H3,(H,24,25,26). The van der Waals surface area contributed by atoms with Gasteiger partial charge in [0.2, 0.25) is 0 Å². The molecule has 0 saturated carbocycles. The Morgan fingerprint density at radius 2 is 1.79 bits per heavy atom. The molecule has 1 aliphatic heterocycles. The fourth-order valence-electron chi connectivity index (χ4n) is 3.54. The SMILES string of the molecule is CC(=O)c1cccc(Nc2cc(C(=O)N3CCc4ccccc4C3)nc(C)n2)c1. The molecule has 0 fully saturated rings. The second kappa shape index (κ2) is 7.83. The highest BCUT2D eigenvalue weighted by Gasteiger charge is 2.23. The van der Waals surface area contributed by atoms with Gasteiger partial charge in [-0.05, 0) is 43.5 Å². The minimum Gasteiger partial charge on any atom is -0.340 e. The zero-order chi connectivity index (χ0) is 20.4. The number of aryl methyl sites for hydroxylation is 1. The topological polar surface area (TPSA) is 75.2 Å². The molecule has 1 aromatic heterocycles. The average molecular weight is 386 g/mol. The Labute approximate surface area is 169 Å². The Bertz CT molecular complexity index is 1090. The second-order valence-corrected chi connectivity index (χ2v) is 7.19. The number of aromatic nitrogens is 2. The summed E-state index contributed by atoms with van der Waals surface area (Å²) in [7, 11) is 0. The Kier molecular flexibility index (Phi) is 5.08. The summed E-state index contributed by atoms with van der Waals surface area (Å²) in [6.45, 7) is 4.55. The zero-order valence-electron chi connectivity index (χ0n) is 16.5. The number of ketones is 1. The van der Waals surface area contributed by atoms with E-state index in [4.69, 9.17) is 0 Å². The highest BCUT2D eigenvalue weighted by Crippen LogP contribution is 2.22. The summed E-state index contributed by atoms with van der Waals surface area (Å²) >= 11 is 0. The number of Topliss-reactive ketones (excluding diaryl/α,β-unsaturated/α-hetero) is 1. The van der Waals surface area contributed by atoms with Crippen LogP contribution >= 0.6 is 0 Å². The molecule has 0 bridgehead atoms. The van der Waals surface area contributed by atoms with E-state index >= 15 is 0 Å². The molecular weight excluding hydrogens is 364 g/mol. The Balaban J connectivity index is 1.56. The van der Waals surface area contributed by atoms with Gasteiger partial charge in [-0.1, -0.05) is 36.4 Å². The number of nitrogens with zero attached hydrogens (tertiary/aromatic N) is 3. The molecule has 1 amide bonds. The molecule has 29 heavy (non-hydrogen) atoms. The van der Waals surface area contributed by atoms with Crippen LogP contribution in [0.15, 0.2) is 54.6 Å². The largest absolute Gasteiger partial charge is 0.340 e. The monoisotopic (exact) mass is 386 g/mol. The first-order chi connectivity index (χ1) is 14.0. The van der Waals surface area contributed by atoms with Gasteiger partial charge in [0, 0.05) is 30.4 Å².